The molecule has 4 heteroatoms. The number of ether oxygens (including phenoxy) is 1. The summed E-state index contributed by atoms with van der Waals surface area (Å²) in [5.74, 6) is 0.774. The van der Waals surface area contributed by atoms with Crippen molar-refractivity contribution in [2.24, 2.45) is 0 Å². The average Bonchev–Trinajstić information content (AvgIpc) is 2.47. The van der Waals surface area contributed by atoms with E-state index in [-0.39, 0.29) is 12.4 Å². The molecule has 0 radical (unpaired) electrons. The van der Waals surface area contributed by atoms with E-state index in [2.05, 4.69) is 11.4 Å². The Labute approximate surface area is 110 Å². The van der Waals surface area contributed by atoms with E-state index < -0.39 is 5.54 Å². The first-order chi connectivity index (χ1) is 9.23. The second kappa shape index (κ2) is 4.21. The minimum absolute atomic E-state index is 0.136. The van der Waals surface area contributed by atoms with Crippen molar-refractivity contribution in [1.29, 1.82) is 5.26 Å². The number of nitriles is 1. The van der Waals surface area contributed by atoms with Crippen molar-refractivity contribution < 1.29 is 9.84 Å². The zero-order valence-corrected chi connectivity index (χ0v) is 10.1. The molecule has 94 valence electrons. The number of rotatable bonds is 1. The highest BCUT2D eigenvalue weighted by molar-refractivity contribution is 5.64. The van der Waals surface area contributed by atoms with E-state index in [1.807, 2.05) is 30.3 Å². The number of phenolic OH excluding ortho intramolecular Hbond substituents is 1. The normalized spacial score (nSPS) is 20.6. The highest BCUT2D eigenvalue weighted by Crippen LogP contribution is 2.38. The number of phenols is 1. The van der Waals surface area contributed by atoms with Crippen molar-refractivity contribution in [2.45, 2.75) is 5.54 Å². The maximum absolute atomic E-state index is 9.53. The molecule has 4 nitrogen and oxygen atoms in total. The average molecular weight is 252 g/mol. The number of nitrogens with one attached hydrogen (secondary N) is 1. The van der Waals surface area contributed by atoms with Crippen molar-refractivity contribution in [3.8, 4) is 17.6 Å². The third-order valence-corrected chi connectivity index (χ3v) is 3.21. The van der Waals surface area contributed by atoms with Gasteiger partial charge in [-0.15, -0.1) is 0 Å². The maximum atomic E-state index is 9.53. The predicted octanol–water partition coefficient (Wildman–Crippen LogP) is 2.62. The van der Waals surface area contributed by atoms with Gasteiger partial charge in [0, 0.05) is 6.07 Å². The SMILES string of the molecule is N#CC1(c2ccccc2)COc2ccc(O)cc2N1. The molecular weight excluding hydrogens is 240 g/mol. The Balaban J connectivity index is 2.05. The van der Waals surface area contributed by atoms with Gasteiger partial charge in [-0.25, -0.2) is 0 Å². The molecule has 1 aliphatic rings. The summed E-state index contributed by atoms with van der Waals surface area (Å²) in [5.41, 5.74) is 0.533. The van der Waals surface area contributed by atoms with E-state index in [0.29, 0.717) is 11.4 Å². The summed E-state index contributed by atoms with van der Waals surface area (Å²) in [7, 11) is 0. The van der Waals surface area contributed by atoms with Gasteiger partial charge < -0.3 is 15.2 Å². The van der Waals surface area contributed by atoms with E-state index >= 15 is 0 Å². The smallest absolute Gasteiger partial charge is 0.185 e. The number of nitrogens with zero attached hydrogens (tertiary/aromatic N) is 1. The summed E-state index contributed by atoms with van der Waals surface area (Å²) in [4.78, 5) is 0. The van der Waals surface area contributed by atoms with Crippen LogP contribution in [0.2, 0.25) is 0 Å². The van der Waals surface area contributed by atoms with Gasteiger partial charge in [-0.3, -0.25) is 0 Å². The Morgan fingerprint density at radius 3 is 2.74 bits per heavy atom. The molecular formula is C15H12N2O2. The third kappa shape index (κ3) is 1.85. The fourth-order valence-corrected chi connectivity index (χ4v) is 2.20. The van der Waals surface area contributed by atoms with Gasteiger partial charge in [0.2, 0.25) is 0 Å². The summed E-state index contributed by atoms with van der Waals surface area (Å²) in [6.07, 6.45) is 0. The summed E-state index contributed by atoms with van der Waals surface area (Å²) >= 11 is 0. The highest BCUT2D eigenvalue weighted by atomic mass is 16.5. The number of benzene rings is 2. The largest absolute Gasteiger partial charge is 0.508 e. The van der Waals surface area contributed by atoms with Crippen LogP contribution in [-0.4, -0.2) is 11.7 Å². The van der Waals surface area contributed by atoms with Crippen LogP contribution in [0.5, 0.6) is 11.5 Å². The molecule has 0 aromatic heterocycles. The number of hydrogen-bond donors (Lipinski definition) is 2. The van der Waals surface area contributed by atoms with E-state index in [9.17, 15) is 10.4 Å². The molecule has 0 saturated carbocycles. The second-order valence-corrected chi connectivity index (χ2v) is 4.48. The molecule has 1 atom stereocenters. The summed E-state index contributed by atoms with van der Waals surface area (Å²) in [6.45, 7) is 0.227. The molecule has 0 aliphatic carbocycles. The van der Waals surface area contributed by atoms with Crippen molar-refractivity contribution in [1.82, 2.24) is 0 Å². The standard InChI is InChI=1S/C15H12N2O2/c16-9-15(11-4-2-1-3-5-11)10-19-14-7-6-12(18)8-13(14)17-15/h1-8,17-18H,10H2. The number of anilines is 1. The van der Waals surface area contributed by atoms with Gasteiger partial charge in [0.15, 0.2) is 5.54 Å². The van der Waals surface area contributed by atoms with Crippen LogP contribution in [0.15, 0.2) is 48.5 Å². The molecule has 19 heavy (non-hydrogen) atoms. The summed E-state index contributed by atoms with van der Waals surface area (Å²) < 4.78 is 5.64. The molecule has 0 saturated heterocycles. The molecule has 0 bridgehead atoms. The molecule has 0 fully saturated rings. The van der Waals surface area contributed by atoms with Gasteiger partial charge in [-0.2, -0.15) is 5.26 Å². The van der Waals surface area contributed by atoms with Crippen molar-refractivity contribution in [2.75, 3.05) is 11.9 Å². The molecule has 0 amide bonds. The molecule has 3 rings (SSSR count). The van der Waals surface area contributed by atoms with Gasteiger partial charge in [-0.1, -0.05) is 30.3 Å². The first-order valence-corrected chi connectivity index (χ1v) is 5.94. The van der Waals surface area contributed by atoms with Gasteiger partial charge >= 0.3 is 0 Å². The lowest BCUT2D eigenvalue weighted by Crippen LogP contribution is -2.42. The minimum Gasteiger partial charge on any atom is -0.508 e. The van der Waals surface area contributed by atoms with Crippen LogP contribution in [0.25, 0.3) is 0 Å². The Hall–Kier alpha value is -2.67. The fourth-order valence-electron chi connectivity index (χ4n) is 2.20. The predicted molar refractivity (Wildman–Crippen MR) is 71.0 cm³/mol. The van der Waals surface area contributed by atoms with Gasteiger partial charge in [-0.05, 0) is 17.7 Å². The maximum Gasteiger partial charge on any atom is 0.185 e. The van der Waals surface area contributed by atoms with Crippen molar-refractivity contribution in [3.05, 3.63) is 54.1 Å². The summed E-state index contributed by atoms with van der Waals surface area (Å²) in [5, 5.41) is 22.2. The number of aromatic hydroxyl groups is 1. The van der Waals surface area contributed by atoms with Crippen LogP contribution in [0.1, 0.15) is 5.56 Å². The van der Waals surface area contributed by atoms with Gasteiger partial charge in [0.1, 0.15) is 18.1 Å². The van der Waals surface area contributed by atoms with E-state index in [0.717, 1.165) is 5.56 Å². The second-order valence-electron chi connectivity index (χ2n) is 4.48. The first-order valence-electron chi connectivity index (χ1n) is 5.94. The van der Waals surface area contributed by atoms with Crippen molar-refractivity contribution in [3.63, 3.8) is 0 Å². The number of fused-ring (bicyclic) bond motifs is 1. The summed E-state index contributed by atoms with van der Waals surface area (Å²) in [6, 6.07) is 16.5. The quantitative estimate of drug-likeness (QED) is 0.818. The Morgan fingerprint density at radius 1 is 1.21 bits per heavy atom. The highest BCUT2D eigenvalue weighted by Gasteiger charge is 2.37. The van der Waals surface area contributed by atoms with E-state index in [1.54, 1.807) is 18.2 Å². The van der Waals surface area contributed by atoms with Crippen LogP contribution >= 0.6 is 0 Å². The minimum atomic E-state index is -0.929. The molecule has 0 spiro atoms. The van der Waals surface area contributed by atoms with Crippen molar-refractivity contribution >= 4 is 5.69 Å². The molecule has 2 aromatic rings. The Morgan fingerprint density at radius 2 is 2.00 bits per heavy atom. The van der Waals surface area contributed by atoms with Crippen LogP contribution in [-0.2, 0) is 5.54 Å². The lowest BCUT2D eigenvalue weighted by Gasteiger charge is -2.34. The van der Waals surface area contributed by atoms with Gasteiger partial charge in [0.05, 0.1) is 11.8 Å². The molecule has 2 N–H and O–H groups in total. The Bertz CT molecular complexity index is 649. The molecule has 2 aromatic carbocycles. The first kappa shape index (κ1) is 11.4. The fraction of sp³-hybridized carbons (Fsp3) is 0.133. The molecule has 1 heterocycles. The van der Waals surface area contributed by atoms with Crippen LogP contribution < -0.4 is 10.1 Å². The lowest BCUT2D eigenvalue weighted by molar-refractivity contribution is 0.253. The van der Waals surface area contributed by atoms with Crippen LogP contribution in [0.3, 0.4) is 0 Å². The van der Waals surface area contributed by atoms with Crippen LogP contribution in [0.4, 0.5) is 5.69 Å². The van der Waals surface area contributed by atoms with E-state index in [4.69, 9.17) is 4.74 Å². The zero-order valence-electron chi connectivity index (χ0n) is 10.1. The monoisotopic (exact) mass is 252 g/mol. The topological polar surface area (TPSA) is 65.3 Å². The van der Waals surface area contributed by atoms with E-state index in [1.165, 1.54) is 0 Å². The molecule has 1 aliphatic heterocycles. The Kier molecular flexibility index (Phi) is 2.53. The third-order valence-electron chi connectivity index (χ3n) is 3.21. The van der Waals surface area contributed by atoms with Crippen LogP contribution in [0, 0.1) is 11.3 Å². The van der Waals surface area contributed by atoms with Gasteiger partial charge in [0.25, 0.3) is 0 Å². The zero-order chi connectivity index (χ0) is 13.3. The molecule has 1 unspecified atom stereocenters. The number of hydrogen-bond acceptors (Lipinski definition) is 4. The lowest BCUT2D eigenvalue weighted by atomic mass is 9.90.